The highest BCUT2D eigenvalue weighted by Gasteiger charge is 2.27. The van der Waals surface area contributed by atoms with Gasteiger partial charge in [-0.15, -0.1) is 0 Å². The Kier molecular flexibility index (Phi) is 9.92. The number of benzene rings is 27. The minimum absolute atomic E-state index is 0.155. The fraction of sp³-hybridized carbons (Fsp3) is 0. The van der Waals surface area contributed by atoms with E-state index in [1.807, 2.05) is 121 Å². The van der Waals surface area contributed by atoms with Gasteiger partial charge in [-0.1, -0.05) is 472 Å². The van der Waals surface area contributed by atoms with Crippen molar-refractivity contribution in [1.29, 1.82) is 0 Å². The van der Waals surface area contributed by atoms with Crippen molar-refractivity contribution in [3.63, 3.8) is 0 Å². The van der Waals surface area contributed by atoms with E-state index in [0.717, 1.165) is 38.4 Å². The molecule has 0 radical (unpaired) electrons. The molecule has 3 heterocycles. The van der Waals surface area contributed by atoms with Gasteiger partial charge in [0.15, 0.2) is 0 Å². The van der Waals surface area contributed by atoms with Crippen molar-refractivity contribution in [3.8, 4) is 122 Å². The van der Waals surface area contributed by atoms with Crippen LogP contribution in [-0.2, 0) is 0 Å². The van der Waals surface area contributed by atoms with Crippen LogP contribution in [0.1, 0.15) is 90.5 Å². The molecule has 145 heavy (non-hydrogen) atoms. The first kappa shape index (κ1) is 41.0. The molecule has 3 aromatic heterocycles. The van der Waals surface area contributed by atoms with Gasteiger partial charge in [-0.3, -0.25) is 0 Å². The summed E-state index contributed by atoms with van der Waals surface area (Å²) < 4.78 is 614. The minimum Gasteiger partial charge on any atom is -0.455 e. The van der Waals surface area contributed by atoms with Crippen LogP contribution in [0.15, 0.2) is 546 Å². The zero-order valence-electron chi connectivity index (χ0n) is 140. The summed E-state index contributed by atoms with van der Waals surface area (Å²) in [7, 11) is 0. The first-order chi connectivity index (χ1) is 99.4. The van der Waals surface area contributed by atoms with Crippen molar-refractivity contribution < 1.29 is 104 Å². The van der Waals surface area contributed by atoms with Gasteiger partial charge in [0.1, 0.15) is 33.5 Å². The van der Waals surface area contributed by atoms with Crippen LogP contribution in [-0.4, -0.2) is 0 Å². The minimum atomic E-state index is -1.14. The zero-order chi connectivity index (χ0) is 153. The van der Waals surface area contributed by atoms with E-state index < -0.39 is 572 Å². The van der Waals surface area contributed by atoms with E-state index >= 15 is 0 Å². The third kappa shape index (κ3) is 14.3. The van der Waals surface area contributed by atoms with Gasteiger partial charge in [0.25, 0.3) is 0 Å². The van der Waals surface area contributed by atoms with Crippen LogP contribution in [0.2, 0.25) is 0 Å². The molecule has 0 saturated carbocycles. The maximum atomic E-state index is 9.70. The van der Waals surface area contributed by atoms with E-state index in [-0.39, 0.29) is 51.3 Å². The highest BCUT2D eigenvalue weighted by molar-refractivity contribution is 6.30. The van der Waals surface area contributed by atoms with Crippen molar-refractivity contribution in [2.75, 3.05) is 0 Å². The molecule has 0 saturated heterocycles. The number of hydrogen-bond donors (Lipinski definition) is 0. The Morgan fingerprint density at radius 3 is 0.966 bits per heavy atom. The second-order valence-corrected chi connectivity index (χ2v) is 33.0. The van der Waals surface area contributed by atoms with E-state index in [2.05, 4.69) is 6.07 Å². The van der Waals surface area contributed by atoms with Gasteiger partial charge in [0.2, 0.25) is 0 Å². The molecule has 0 aliphatic heterocycles. The summed E-state index contributed by atoms with van der Waals surface area (Å²) in [6.45, 7) is 0. The summed E-state index contributed by atoms with van der Waals surface area (Å²) in [4.78, 5) is 0. The molecule has 0 unspecified atom stereocenters. The number of rotatable bonds is 11. The molecule has 674 valence electrons. The Hall–Kier alpha value is -19.1. The molecular weight excluding hydrogens is 1750 g/mol. The lowest BCUT2D eigenvalue weighted by molar-refractivity contribution is 0.672. The smallest absolute Gasteiger partial charge is 0.143 e. The molecule has 0 aliphatic carbocycles. The zero-order valence-corrected chi connectivity index (χ0v) is 73.9. The SMILES string of the molecule is [2H]c1c([2H])c(-c2c([2H])c([2H])c([2H])c3oc4c5c([2H])c([2H])c([2H])c([2H])c5c([2H])c([2H])c4c23)c([2H])c([2H])c1-c1c2c([2H])c([2H])c([2H])c([2H])c2c(-c2c([2H])c([2H])c([2H])c3c([2H])c([2H])c([2H])c([2H])c23)c2c([2H])c([2H])c([2H])c([2H])c12.[2H]c1c([2H])c([2H])c(-c2c([2H])c([2H])c([2H])c(-c3c4c([2H])c([2H])c([2H])c([2H])c4c(-c4c([2H])c([2H])c(-c5c([2H])c([2H])c([2H])c6oc7c8c([2H])c([2H])c([2H])c([2H])c8c([2H])c([2H])c7c56)c([2H])c4[2H])c4c([2H])c([2H])c([2H])c([2H])c34)c2[2H])c([2H])c1[2H].[2H]c1c([2H])c([2H])c2c(-c3cccc4oc5c6ccccc6ccc5c34)c3c([2H])c([2H])c([2H])c([2H])c3c(-c3cc(-c4ccccc4)cc(-c4ccccc4)c3)c2c1[2H]. The highest BCUT2D eigenvalue weighted by Crippen LogP contribution is 2.53. The molecular formula is C142H88O3. The van der Waals surface area contributed by atoms with Gasteiger partial charge in [-0.05, 0) is 275 Å². The number of fused-ring (bicyclic) bond motifs is 22. The summed E-state index contributed by atoms with van der Waals surface area (Å²) in [6.07, 6.45) is 0. The monoisotopic (exact) mass is 1910 g/mol. The molecule has 0 atom stereocenters. The second-order valence-electron chi connectivity index (χ2n) is 33.0. The number of hydrogen-bond acceptors (Lipinski definition) is 3. The van der Waals surface area contributed by atoms with Crippen LogP contribution < -0.4 is 0 Å². The molecule has 30 rings (SSSR count). The second kappa shape index (κ2) is 35.1. The topological polar surface area (TPSA) is 39.4 Å². The maximum absolute atomic E-state index is 9.70. The molecule has 3 heteroatoms. The first-order valence-corrected chi connectivity index (χ1v) is 44.5. The van der Waals surface area contributed by atoms with Crippen LogP contribution in [0.4, 0.5) is 0 Å². The van der Waals surface area contributed by atoms with E-state index in [0.29, 0.717) is 33.2 Å². The summed E-state index contributed by atoms with van der Waals surface area (Å²) in [5, 5.41) is -7.30. The molecule has 0 spiro atoms. The summed E-state index contributed by atoms with van der Waals surface area (Å²) in [6, 6.07) is -15.1. The van der Waals surface area contributed by atoms with Crippen LogP contribution in [0.5, 0.6) is 0 Å². The molecule has 0 N–H and O–H groups in total. The predicted octanol–water partition coefficient (Wildman–Crippen LogP) is 40.6. The van der Waals surface area contributed by atoms with Crippen molar-refractivity contribution >= 4 is 174 Å². The van der Waals surface area contributed by atoms with E-state index in [1.54, 1.807) is 6.07 Å². The van der Waals surface area contributed by atoms with Gasteiger partial charge >= 0.3 is 0 Å². The third-order valence-electron chi connectivity index (χ3n) is 25.2. The molecule has 0 aliphatic rings. The average Bonchev–Trinajstić information content (AvgIpc) is 1.41. The first-order valence-electron chi connectivity index (χ1n) is 77.5. The van der Waals surface area contributed by atoms with Crippen molar-refractivity contribution in [2.24, 2.45) is 0 Å². The maximum Gasteiger partial charge on any atom is 0.143 e. The van der Waals surface area contributed by atoms with E-state index in [1.165, 1.54) is 0 Å². The molecule has 27 aromatic carbocycles. The normalized spacial score (nSPS) is 18.1. The van der Waals surface area contributed by atoms with Gasteiger partial charge in [-0.25, -0.2) is 0 Å². The fourth-order valence-electron chi connectivity index (χ4n) is 19.0. The number of furan rings is 3. The summed E-state index contributed by atoms with van der Waals surface area (Å²) >= 11 is 0. The van der Waals surface area contributed by atoms with Gasteiger partial charge < -0.3 is 13.3 Å². The molecule has 0 bridgehead atoms. The van der Waals surface area contributed by atoms with E-state index in [4.69, 9.17) is 69.5 Å². The third-order valence-corrected chi connectivity index (χ3v) is 25.2. The van der Waals surface area contributed by atoms with Gasteiger partial charge in [0, 0.05) is 48.5 Å². The van der Waals surface area contributed by atoms with Crippen molar-refractivity contribution in [3.05, 3.63) is 532 Å². The van der Waals surface area contributed by atoms with Crippen LogP contribution in [0.25, 0.3) is 296 Å². The lowest BCUT2D eigenvalue weighted by Gasteiger charge is -2.19. The Bertz CT molecular complexity index is 14500. The van der Waals surface area contributed by atoms with Crippen LogP contribution >= 0.6 is 0 Å². The van der Waals surface area contributed by atoms with Crippen LogP contribution in [0.3, 0.4) is 0 Å². The van der Waals surface area contributed by atoms with Crippen molar-refractivity contribution in [2.45, 2.75) is 0 Å². The van der Waals surface area contributed by atoms with E-state index in [9.17, 15) is 34.3 Å². The van der Waals surface area contributed by atoms with Gasteiger partial charge in [0.05, 0.1) is 90.5 Å². The Labute approximate surface area is 929 Å². The summed E-state index contributed by atoms with van der Waals surface area (Å²) in [5.74, 6) is 0. The predicted molar refractivity (Wildman–Crippen MR) is 616 cm³/mol. The Morgan fingerprint density at radius 2 is 0.476 bits per heavy atom. The quantitative estimate of drug-likeness (QED) is 0.121. The van der Waals surface area contributed by atoms with Crippen molar-refractivity contribution in [1.82, 2.24) is 0 Å². The van der Waals surface area contributed by atoms with Crippen LogP contribution in [0, 0.1) is 0 Å². The lowest BCUT2D eigenvalue weighted by Crippen LogP contribution is -1.92. The fourth-order valence-corrected chi connectivity index (χ4v) is 19.0. The molecule has 30 aromatic rings. The average molecular weight is 1910 g/mol. The standard InChI is InChI=1S/2C48H30O.C46H28O/c1-3-14-31(15-4-1)34-28-35(32-16-5-2-6-17-32)30-36(29-34)45-38-20-9-11-22-40(38)46(41-23-12-10-21-39(41)45)42-24-13-25-44-47(42)43-27-26-33-18-7-8-19-37(33)48(43)49-44;1-2-12-31(13-3-1)35-15-10-16-36(30-35)46-41-20-8-6-18-39(41)45(40-19-7-9-21-42(40)46)34-26-24-33(25-27-34)37-22-11-23-44-47(37)43-29-28-32-14-4-5-17-38(32)48(43)49-44;1-3-14-33-29(11-1)13-9-21-36(33)44-39-18-7-5-16-37(39)43(38-17-6-8-19-40(38)44)32-25-23-31(24-26-32)34-20-10-22-42-45(34)41-28-27-30-12-2-4-15-35(30)46(41)47-42/h2*1-30H;1-28H/i9D,10D,11D,12D,20D,21D,22D,23D;1D,2D,3D,4D,5D,6D,7D,8D,9D,10D,11D,12D,13D,14D,15D,16D,17D,18D,19D,20D,21D,22D,23D,24D,25D,26D,27D,28D,29D,30D;1D,2D,3D,4D,5D,6D,7D,8D,9D,10D,11D,12D,13D,14D,15D,16D,17D,18D,19D,20D,21D,22D,23D,24D,25D,26D,27D,28D. The molecule has 3 nitrogen and oxygen atoms in total. The van der Waals surface area contributed by atoms with Gasteiger partial charge in [-0.2, -0.15) is 0 Å². The largest absolute Gasteiger partial charge is 0.455 e. The summed E-state index contributed by atoms with van der Waals surface area (Å²) in [5.41, 5.74) is -7.15. The Morgan fingerprint density at radius 1 is 0.138 bits per heavy atom. The Balaban J connectivity index is 0.000000141. The molecule has 0 fully saturated rings. The molecule has 0 amide bonds. The lowest BCUT2D eigenvalue weighted by atomic mass is 9.83. The highest BCUT2D eigenvalue weighted by atomic mass is 16.3.